The number of hydrogen-bond donors (Lipinski definition) is 0. The van der Waals surface area contributed by atoms with Crippen LogP contribution < -0.4 is 0 Å². The van der Waals surface area contributed by atoms with E-state index in [1.807, 2.05) is 0 Å². The Labute approximate surface area is 171 Å². The van der Waals surface area contributed by atoms with Crippen LogP contribution in [0.5, 0.6) is 0 Å². The van der Waals surface area contributed by atoms with E-state index in [4.69, 9.17) is 4.43 Å². The van der Waals surface area contributed by atoms with Crippen molar-refractivity contribution in [3.8, 4) is 0 Å². The van der Waals surface area contributed by atoms with Crippen LogP contribution in [0.1, 0.15) is 44.6 Å². The number of aryl methyl sites for hydroxylation is 1. The van der Waals surface area contributed by atoms with Crippen LogP contribution in [0.2, 0.25) is 18.1 Å². The van der Waals surface area contributed by atoms with Crippen LogP contribution in [0.15, 0.2) is 66.7 Å². The molecule has 1 heterocycles. The normalized spacial score (nSPS) is 13.4. The van der Waals surface area contributed by atoms with E-state index in [0.717, 1.165) is 6.42 Å². The fourth-order valence-electron chi connectivity index (χ4n) is 4.04. The van der Waals surface area contributed by atoms with E-state index in [2.05, 4.69) is 105 Å². The second-order valence-corrected chi connectivity index (χ2v) is 12.3. The van der Waals surface area contributed by atoms with Gasteiger partial charge < -0.3 is 8.99 Å². The molecule has 1 unspecified atom stereocenters. The number of hydrogen-bond acceptors (Lipinski definition) is 1. The number of para-hydroxylation sites is 1. The zero-order valence-electron chi connectivity index (χ0n) is 17.7. The van der Waals surface area contributed by atoms with Crippen molar-refractivity contribution in [2.45, 2.75) is 51.4 Å². The van der Waals surface area contributed by atoms with Gasteiger partial charge in [-0.2, -0.15) is 0 Å². The third kappa shape index (κ3) is 4.48. The topological polar surface area (TPSA) is 14.2 Å². The van der Waals surface area contributed by atoms with Crippen molar-refractivity contribution >= 4 is 25.3 Å². The maximum atomic E-state index is 6.99. The first-order valence-electron chi connectivity index (χ1n) is 10.6. The lowest BCUT2D eigenvalue weighted by Crippen LogP contribution is -2.37. The van der Waals surface area contributed by atoms with Gasteiger partial charge in [-0.1, -0.05) is 81.5 Å². The minimum absolute atomic E-state index is 0.101. The van der Waals surface area contributed by atoms with Crippen molar-refractivity contribution in [1.29, 1.82) is 0 Å². The van der Waals surface area contributed by atoms with Gasteiger partial charge in [0.1, 0.15) is 0 Å². The van der Waals surface area contributed by atoms with Crippen LogP contribution in [0.25, 0.3) is 17.0 Å². The van der Waals surface area contributed by atoms with Crippen LogP contribution in [0.4, 0.5) is 0 Å². The summed E-state index contributed by atoms with van der Waals surface area (Å²) in [5.74, 6) is 0. The van der Waals surface area contributed by atoms with E-state index in [9.17, 15) is 0 Å². The lowest BCUT2D eigenvalue weighted by atomic mass is 10.1. The van der Waals surface area contributed by atoms with Crippen LogP contribution >= 0.6 is 0 Å². The number of aromatic nitrogens is 1. The van der Waals surface area contributed by atoms with E-state index in [-0.39, 0.29) is 6.10 Å². The molecule has 0 aliphatic rings. The summed E-state index contributed by atoms with van der Waals surface area (Å²) in [5, 5.41) is 1.29. The minimum atomic E-state index is -1.71. The lowest BCUT2D eigenvalue weighted by Gasteiger charge is -2.33. The molecule has 2 aromatic carbocycles. The van der Waals surface area contributed by atoms with E-state index >= 15 is 0 Å². The number of nitrogens with zero attached hydrogens (tertiary/aromatic N) is 1. The van der Waals surface area contributed by atoms with Gasteiger partial charge in [0.15, 0.2) is 8.32 Å². The summed E-state index contributed by atoms with van der Waals surface area (Å²) < 4.78 is 9.30. The summed E-state index contributed by atoms with van der Waals surface area (Å²) >= 11 is 0. The quantitative estimate of drug-likeness (QED) is 0.348. The van der Waals surface area contributed by atoms with Crippen molar-refractivity contribution in [1.82, 2.24) is 4.57 Å². The molecule has 1 atom stereocenters. The molecule has 0 saturated carbocycles. The van der Waals surface area contributed by atoms with Crippen molar-refractivity contribution in [2.75, 3.05) is 0 Å². The minimum Gasteiger partial charge on any atom is -0.408 e. The number of rotatable bonds is 9. The summed E-state index contributed by atoms with van der Waals surface area (Å²) in [5.41, 5.74) is 3.80. The third-order valence-electron chi connectivity index (χ3n) is 6.10. The largest absolute Gasteiger partial charge is 0.408 e. The molecule has 0 amide bonds. The zero-order valence-corrected chi connectivity index (χ0v) is 18.7. The smallest absolute Gasteiger partial charge is 0.192 e. The van der Waals surface area contributed by atoms with Gasteiger partial charge in [-0.3, -0.25) is 0 Å². The molecule has 0 radical (unpaired) electrons. The Morgan fingerprint density at radius 3 is 2.21 bits per heavy atom. The first kappa shape index (κ1) is 20.6. The van der Waals surface area contributed by atoms with Crippen LogP contribution in [0.3, 0.4) is 0 Å². The molecule has 0 aliphatic heterocycles. The van der Waals surface area contributed by atoms with Crippen LogP contribution in [-0.4, -0.2) is 12.9 Å². The first-order valence-corrected chi connectivity index (χ1v) is 13.1. The highest BCUT2D eigenvalue weighted by atomic mass is 28.4. The third-order valence-corrected chi connectivity index (χ3v) is 10.8. The van der Waals surface area contributed by atoms with Gasteiger partial charge in [0.25, 0.3) is 0 Å². The first-order chi connectivity index (χ1) is 13.6. The highest BCUT2D eigenvalue weighted by molar-refractivity contribution is 6.73. The Morgan fingerprint density at radius 2 is 1.57 bits per heavy atom. The Morgan fingerprint density at radius 1 is 0.929 bits per heavy atom. The standard InChI is InChI=1S/C25H33NOSi/c1-5-28(6-2,7-3)27-25(19-13-16-21-14-9-8-10-15-21)24-20-22-17-11-12-18-23(22)26(24)4/h8-18,20,25H,5-7,19H2,1-4H3/b16-13+. The maximum absolute atomic E-state index is 6.99. The number of benzene rings is 2. The molecule has 148 valence electrons. The average molecular weight is 392 g/mol. The summed E-state index contributed by atoms with van der Waals surface area (Å²) in [4.78, 5) is 0. The van der Waals surface area contributed by atoms with E-state index < -0.39 is 8.32 Å². The Bertz CT molecular complexity index is 900. The Kier molecular flexibility index (Phi) is 6.92. The maximum Gasteiger partial charge on any atom is 0.192 e. The van der Waals surface area contributed by atoms with Gasteiger partial charge in [0.2, 0.25) is 0 Å². The molecule has 3 heteroatoms. The van der Waals surface area contributed by atoms with Crippen molar-refractivity contribution in [3.05, 3.63) is 78.0 Å². The highest BCUT2D eigenvalue weighted by Gasteiger charge is 2.33. The summed E-state index contributed by atoms with van der Waals surface area (Å²) in [7, 11) is 0.457. The number of fused-ring (bicyclic) bond motifs is 1. The predicted octanol–water partition coefficient (Wildman–Crippen LogP) is 7.34. The second kappa shape index (κ2) is 9.40. The summed E-state index contributed by atoms with van der Waals surface area (Å²) in [6.07, 6.45) is 5.49. The van der Waals surface area contributed by atoms with Crippen molar-refractivity contribution in [2.24, 2.45) is 7.05 Å². The molecule has 0 fully saturated rings. The van der Waals surface area contributed by atoms with Gasteiger partial charge >= 0.3 is 0 Å². The van der Waals surface area contributed by atoms with Crippen molar-refractivity contribution in [3.63, 3.8) is 0 Å². The van der Waals surface area contributed by atoms with Crippen LogP contribution in [0, 0.1) is 0 Å². The van der Waals surface area contributed by atoms with Gasteiger partial charge in [-0.25, -0.2) is 0 Å². The zero-order chi connectivity index (χ0) is 20.0. The van der Waals surface area contributed by atoms with E-state index in [1.165, 1.54) is 40.3 Å². The van der Waals surface area contributed by atoms with Crippen molar-refractivity contribution < 1.29 is 4.43 Å². The van der Waals surface area contributed by atoms with Gasteiger partial charge in [0, 0.05) is 18.3 Å². The second-order valence-electron chi connectivity index (χ2n) is 7.59. The van der Waals surface area contributed by atoms with Gasteiger partial charge in [-0.05, 0) is 47.6 Å². The molecule has 0 spiro atoms. The highest BCUT2D eigenvalue weighted by Crippen LogP contribution is 2.34. The average Bonchev–Trinajstić information content (AvgIpc) is 3.08. The summed E-state index contributed by atoms with van der Waals surface area (Å²) in [6.45, 7) is 6.91. The molecule has 2 nitrogen and oxygen atoms in total. The molecule has 0 bridgehead atoms. The molecule has 0 saturated heterocycles. The molecule has 1 aromatic heterocycles. The molecular formula is C25H33NOSi. The fourth-order valence-corrected chi connectivity index (χ4v) is 6.86. The molecule has 3 aromatic rings. The SMILES string of the molecule is CC[Si](CC)(CC)OC(C/C=C/c1ccccc1)c1cc2ccccc2n1C. The molecule has 3 rings (SSSR count). The lowest BCUT2D eigenvalue weighted by molar-refractivity contribution is 0.185. The molecule has 0 aliphatic carbocycles. The monoisotopic (exact) mass is 391 g/mol. The van der Waals surface area contributed by atoms with Crippen LogP contribution in [-0.2, 0) is 11.5 Å². The Hall–Kier alpha value is -2.10. The fraction of sp³-hybridized carbons (Fsp3) is 0.360. The van der Waals surface area contributed by atoms with Gasteiger partial charge in [0.05, 0.1) is 6.10 Å². The molecule has 28 heavy (non-hydrogen) atoms. The molecular weight excluding hydrogens is 358 g/mol. The van der Waals surface area contributed by atoms with E-state index in [1.54, 1.807) is 0 Å². The Balaban J connectivity index is 1.93. The van der Waals surface area contributed by atoms with E-state index in [0.29, 0.717) is 0 Å². The summed E-state index contributed by atoms with van der Waals surface area (Å²) in [6, 6.07) is 25.0. The van der Waals surface area contributed by atoms with Gasteiger partial charge in [-0.15, -0.1) is 0 Å². The molecule has 0 N–H and O–H groups in total. The predicted molar refractivity (Wildman–Crippen MR) is 124 cm³/mol.